The number of carbonyl (C=O) groups excluding carboxylic acids is 1. The van der Waals surface area contributed by atoms with Gasteiger partial charge in [0.2, 0.25) is 0 Å². The number of fused-ring (bicyclic) bond motifs is 1. The summed E-state index contributed by atoms with van der Waals surface area (Å²) in [4.78, 5) is 18.2. The predicted molar refractivity (Wildman–Crippen MR) is 128 cm³/mol. The van der Waals surface area contributed by atoms with Crippen LogP contribution in [-0.4, -0.2) is 42.8 Å². The van der Waals surface area contributed by atoms with Crippen LogP contribution >= 0.6 is 0 Å². The molecule has 0 saturated heterocycles. The maximum atomic E-state index is 14.4. The molecule has 0 aliphatic heterocycles. The van der Waals surface area contributed by atoms with E-state index in [1.165, 1.54) is 21.0 Å². The SMILES string of the molecule is [2H]/C(=C\C([2H])([2H])N(C)C)C(=O)Cc1c(OC([2H])([2H])C)c([2H])c2nc([2H])c(C#N)c(Nc3c([2H])c([2H])c(F)c(C)c3[2H])c2c1[2H]. The standard InChI is InChI=1S/C26H27FN4O2/c1-5-33-25-14-24-22(13-18(25)12-21(32)7-6-10-31(3)4)26(19(15-28)16-29-24)30-20-8-9-23(27)17(2)11-20/h6-9,11,13-14,16H,5,10,12H2,1-4H3,(H,29,30)/b7-6+/i5D2,7D,8D,9D,10D2,11D,13D,14D,16D. The molecule has 7 heteroatoms. The highest BCUT2D eigenvalue weighted by Crippen LogP contribution is 2.34. The molecule has 0 saturated carbocycles. The lowest BCUT2D eigenvalue weighted by molar-refractivity contribution is -0.114. The van der Waals surface area contributed by atoms with Crippen molar-refractivity contribution < 1.29 is 29.0 Å². The van der Waals surface area contributed by atoms with Gasteiger partial charge < -0.3 is 15.0 Å². The van der Waals surface area contributed by atoms with Gasteiger partial charge in [0, 0.05) is 44.5 Å². The Labute approximate surface area is 208 Å². The lowest BCUT2D eigenvalue weighted by Crippen LogP contribution is -2.11. The number of carbonyl (C=O) groups is 1. The molecule has 1 aromatic heterocycles. The van der Waals surface area contributed by atoms with Crippen molar-refractivity contribution in [1.29, 1.82) is 5.26 Å². The molecular formula is C26H27FN4O2. The average Bonchev–Trinajstić information content (AvgIpc) is 2.92. The van der Waals surface area contributed by atoms with E-state index in [1.54, 1.807) is 6.07 Å². The van der Waals surface area contributed by atoms with Crippen LogP contribution in [0.25, 0.3) is 10.9 Å². The summed E-state index contributed by atoms with van der Waals surface area (Å²) in [5, 5.41) is 12.1. The number of halogens is 1. The van der Waals surface area contributed by atoms with Crippen LogP contribution in [0, 0.1) is 24.1 Å². The Morgan fingerprint density at radius 1 is 1.42 bits per heavy atom. The third-order valence-electron chi connectivity index (χ3n) is 4.20. The number of rotatable bonds is 9. The minimum atomic E-state index is -2.45. The summed E-state index contributed by atoms with van der Waals surface area (Å²) in [6.07, 6.45) is -0.832. The molecular weight excluding hydrogens is 419 g/mol. The second-order valence-electron chi connectivity index (χ2n) is 6.90. The fourth-order valence-electron chi connectivity index (χ4n) is 2.72. The van der Waals surface area contributed by atoms with Gasteiger partial charge in [-0.1, -0.05) is 6.08 Å². The third kappa shape index (κ3) is 5.93. The van der Waals surface area contributed by atoms with Crippen molar-refractivity contribution in [3.05, 3.63) is 71.0 Å². The van der Waals surface area contributed by atoms with E-state index in [1.807, 2.05) is 0 Å². The van der Waals surface area contributed by atoms with Crippen LogP contribution in [0.5, 0.6) is 5.75 Å². The minimum absolute atomic E-state index is 0.303. The number of allylic oxidation sites excluding steroid dienone is 1. The molecule has 33 heavy (non-hydrogen) atoms. The topological polar surface area (TPSA) is 78.2 Å². The summed E-state index contributed by atoms with van der Waals surface area (Å²) in [6, 6.07) is -2.61. The summed E-state index contributed by atoms with van der Waals surface area (Å²) < 4.78 is 110. The van der Waals surface area contributed by atoms with E-state index in [0.29, 0.717) is 0 Å². The molecule has 6 nitrogen and oxygen atoms in total. The smallest absolute Gasteiger partial charge is 0.159 e. The molecule has 0 amide bonds. The van der Waals surface area contributed by atoms with Gasteiger partial charge in [0.25, 0.3) is 0 Å². The minimum Gasteiger partial charge on any atom is -0.494 e. The van der Waals surface area contributed by atoms with Gasteiger partial charge in [0.15, 0.2) is 5.78 Å². The van der Waals surface area contributed by atoms with E-state index in [2.05, 4.69) is 10.3 Å². The molecule has 0 fully saturated rings. The van der Waals surface area contributed by atoms with Crippen LogP contribution < -0.4 is 10.1 Å². The Morgan fingerprint density at radius 2 is 2.21 bits per heavy atom. The van der Waals surface area contributed by atoms with E-state index >= 15 is 0 Å². The van der Waals surface area contributed by atoms with Crippen molar-refractivity contribution in [1.82, 2.24) is 9.88 Å². The number of anilines is 2. The molecule has 0 spiro atoms. The molecule has 1 N–H and O–H groups in total. The molecule has 0 radical (unpaired) electrons. The zero-order chi connectivity index (χ0) is 33.6. The number of hydrogen-bond acceptors (Lipinski definition) is 6. The van der Waals surface area contributed by atoms with E-state index in [4.69, 9.17) is 19.8 Å². The van der Waals surface area contributed by atoms with Gasteiger partial charge in [-0.05, 0) is 63.7 Å². The lowest BCUT2D eigenvalue weighted by Gasteiger charge is -2.15. The van der Waals surface area contributed by atoms with Gasteiger partial charge in [0.05, 0.1) is 35.7 Å². The van der Waals surface area contributed by atoms with Crippen LogP contribution in [0.1, 0.15) is 38.7 Å². The highest BCUT2D eigenvalue weighted by molar-refractivity contribution is 5.98. The maximum Gasteiger partial charge on any atom is 0.159 e. The first-order valence-corrected chi connectivity index (χ1v) is 9.62. The Kier molecular flexibility index (Phi) is 4.24. The first-order valence-electron chi connectivity index (χ1n) is 15.1. The van der Waals surface area contributed by atoms with Gasteiger partial charge in [-0.3, -0.25) is 9.78 Å². The molecule has 0 aliphatic rings. The average molecular weight is 458 g/mol. The fraction of sp³-hybridized carbons (Fsp3) is 0.269. The second-order valence-corrected chi connectivity index (χ2v) is 6.90. The molecule has 0 atom stereocenters. The van der Waals surface area contributed by atoms with E-state index in [-0.39, 0.29) is 10.9 Å². The predicted octanol–water partition coefficient (Wildman–Crippen LogP) is 4.93. The molecule has 3 rings (SSSR count). The van der Waals surface area contributed by atoms with Crippen molar-refractivity contribution in [2.24, 2.45) is 0 Å². The summed E-state index contributed by atoms with van der Waals surface area (Å²) in [6.45, 7) is -2.48. The van der Waals surface area contributed by atoms with Gasteiger partial charge in [0.1, 0.15) is 17.6 Å². The summed E-state index contributed by atoms with van der Waals surface area (Å²) in [5.41, 5.74) is -2.57. The molecule has 0 bridgehead atoms. The summed E-state index contributed by atoms with van der Waals surface area (Å²) in [7, 11) is 2.76. The number of benzene rings is 2. The first kappa shape index (κ1) is 13.1. The van der Waals surface area contributed by atoms with Gasteiger partial charge in [-0.25, -0.2) is 4.39 Å². The number of ketones is 1. The van der Waals surface area contributed by atoms with Crippen molar-refractivity contribution in [2.45, 2.75) is 20.3 Å². The second kappa shape index (κ2) is 10.7. The fourth-order valence-corrected chi connectivity index (χ4v) is 2.72. The van der Waals surface area contributed by atoms with Crippen LogP contribution in [0.15, 0.2) is 48.5 Å². The summed E-state index contributed by atoms with van der Waals surface area (Å²) in [5.74, 6) is -2.77. The Morgan fingerprint density at radius 3 is 2.91 bits per heavy atom. The number of nitrogens with zero attached hydrogens (tertiary/aromatic N) is 3. The van der Waals surface area contributed by atoms with Crippen LogP contribution in [0.2, 0.25) is 0 Å². The largest absolute Gasteiger partial charge is 0.494 e. The molecule has 1 heterocycles. The Bertz CT molecular complexity index is 1740. The van der Waals surface area contributed by atoms with Crippen LogP contribution in [0.4, 0.5) is 15.8 Å². The molecule has 0 unspecified atom stereocenters. The Hall–Kier alpha value is -3.76. The number of hydrogen-bond donors (Lipinski definition) is 1. The molecule has 3 aromatic rings. The van der Waals surface area contributed by atoms with Crippen molar-refractivity contribution >= 4 is 28.1 Å². The third-order valence-corrected chi connectivity index (χ3v) is 4.20. The van der Waals surface area contributed by atoms with E-state index in [0.717, 1.165) is 17.9 Å². The Balaban J connectivity index is 2.44. The number of likely N-dealkylation sites (N-methyl/N-ethyl adjacent to an activating group) is 1. The molecule has 0 aliphatic carbocycles. The molecule has 170 valence electrons. The highest BCUT2D eigenvalue weighted by atomic mass is 19.1. The number of nitrogens with one attached hydrogen (secondary N) is 1. The van der Waals surface area contributed by atoms with Crippen molar-refractivity contribution in [3.63, 3.8) is 0 Å². The zero-order valence-electron chi connectivity index (χ0n) is 29.3. The highest BCUT2D eigenvalue weighted by Gasteiger charge is 2.16. The zero-order valence-corrected chi connectivity index (χ0v) is 18.3. The summed E-state index contributed by atoms with van der Waals surface area (Å²) >= 11 is 0. The number of aromatic nitrogens is 1. The normalized spacial score (nSPS) is 17.1. The van der Waals surface area contributed by atoms with Crippen LogP contribution in [-0.2, 0) is 11.2 Å². The first-order chi connectivity index (χ1) is 20.1. The number of ether oxygens (including phenoxy) is 1. The van der Waals surface area contributed by atoms with Crippen molar-refractivity contribution in [2.75, 3.05) is 32.5 Å². The monoisotopic (exact) mass is 457 g/mol. The number of pyridine rings is 1. The van der Waals surface area contributed by atoms with Gasteiger partial charge in [-0.15, -0.1) is 0 Å². The van der Waals surface area contributed by atoms with Crippen LogP contribution in [0.3, 0.4) is 0 Å². The van der Waals surface area contributed by atoms with E-state index < -0.39 is 107 Å². The lowest BCUT2D eigenvalue weighted by atomic mass is 10.0. The van der Waals surface area contributed by atoms with Gasteiger partial charge >= 0.3 is 0 Å². The quantitative estimate of drug-likeness (QED) is 0.459. The van der Waals surface area contributed by atoms with Gasteiger partial charge in [-0.2, -0.15) is 5.26 Å². The van der Waals surface area contributed by atoms with E-state index in [9.17, 15) is 14.4 Å². The number of nitriles is 1. The maximum absolute atomic E-state index is 14.4. The molecule has 2 aromatic carbocycles. The van der Waals surface area contributed by atoms with Crippen molar-refractivity contribution in [3.8, 4) is 11.8 Å².